The van der Waals surface area contributed by atoms with E-state index in [0.717, 1.165) is 30.5 Å². The maximum absolute atomic E-state index is 12.8. The van der Waals surface area contributed by atoms with Gasteiger partial charge in [0.05, 0.1) is 0 Å². The topological polar surface area (TPSA) is 126 Å². The highest BCUT2D eigenvalue weighted by atomic mass is 35.5. The predicted molar refractivity (Wildman–Crippen MR) is 133 cm³/mol. The van der Waals surface area contributed by atoms with E-state index in [0.29, 0.717) is 18.6 Å². The third-order valence-electron chi connectivity index (χ3n) is 5.74. The summed E-state index contributed by atoms with van der Waals surface area (Å²) in [7, 11) is 0. The molecule has 12 heteroatoms. The molecular formula is C25H29ClF2N4O5. The van der Waals surface area contributed by atoms with E-state index in [4.69, 9.17) is 22.2 Å². The normalized spacial score (nSPS) is 16.2. The standard InChI is InChI=1S/C25H29ClF2N4O5/c1-2-3-10-36-31-22(29)16-6-4-15(5-7-16)14-30-23(34)20-8-9-32(20)24(35)21(33)17-11-18(26)13-19(12-17)37-25(27)28/h4-7,11-13,20-21,25,33H,2-3,8-10,14H2,1H3,(H2,29,31)(H,30,34)/t20-,21+/m0/s1. The first-order valence-corrected chi connectivity index (χ1v) is 12.1. The van der Waals surface area contributed by atoms with Crippen molar-refractivity contribution in [1.82, 2.24) is 10.2 Å². The van der Waals surface area contributed by atoms with Gasteiger partial charge in [0.1, 0.15) is 18.4 Å². The summed E-state index contributed by atoms with van der Waals surface area (Å²) in [5.41, 5.74) is 7.38. The molecule has 1 fully saturated rings. The number of aliphatic hydroxyl groups excluding tert-OH is 1. The number of halogens is 3. The fourth-order valence-electron chi connectivity index (χ4n) is 3.61. The van der Waals surface area contributed by atoms with Crippen LogP contribution >= 0.6 is 11.6 Å². The van der Waals surface area contributed by atoms with E-state index < -0.39 is 24.7 Å². The van der Waals surface area contributed by atoms with Crippen LogP contribution in [0.25, 0.3) is 0 Å². The van der Waals surface area contributed by atoms with Crippen LogP contribution in [0.1, 0.15) is 49.0 Å². The number of alkyl halides is 2. The molecule has 37 heavy (non-hydrogen) atoms. The summed E-state index contributed by atoms with van der Waals surface area (Å²) >= 11 is 5.90. The molecule has 2 aromatic rings. The van der Waals surface area contributed by atoms with Crippen LogP contribution in [-0.2, 0) is 21.0 Å². The van der Waals surface area contributed by atoms with E-state index in [1.807, 2.05) is 6.92 Å². The number of hydrogen-bond donors (Lipinski definition) is 3. The van der Waals surface area contributed by atoms with E-state index in [-0.39, 0.29) is 41.2 Å². The zero-order valence-corrected chi connectivity index (χ0v) is 21.0. The summed E-state index contributed by atoms with van der Waals surface area (Å²) < 4.78 is 29.4. The molecule has 0 aliphatic carbocycles. The SMILES string of the molecule is CCCCO/N=C(\N)c1ccc(CNC(=O)[C@@H]2CCN2C(=O)[C@H](O)c2cc(Cl)cc(OC(F)F)c2)cc1. The van der Waals surface area contributed by atoms with Crippen molar-refractivity contribution in [2.24, 2.45) is 10.9 Å². The maximum atomic E-state index is 12.8. The minimum Gasteiger partial charge on any atom is -0.435 e. The zero-order valence-electron chi connectivity index (χ0n) is 20.2. The van der Waals surface area contributed by atoms with E-state index >= 15 is 0 Å². The third kappa shape index (κ3) is 7.77. The number of hydrogen-bond acceptors (Lipinski definition) is 6. The number of unbranched alkanes of at least 4 members (excludes halogenated alkanes) is 1. The first-order valence-electron chi connectivity index (χ1n) is 11.8. The van der Waals surface area contributed by atoms with Crippen LogP contribution in [0, 0.1) is 0 Å². The molecule has 9 nitrogen and oxygen atoms in total. The van der Waals surface area contributed by atoms with Crippen molar-refractivity contribution < 1.29 is 33.1 Å². The molecule has 0 aromatic heterocycles. The molecule has 4 N–H and O–H groups in total. The van der Waals surface area contributed by atoms with Gasteiger partial charge in [0, 0.05) is 23.7 Å². The molecule has 0 unspecified atom stereocenters. The Morgan fingerprint density at radius 2 is 2.00 bits per heavy atom. The monoisotopic (exact) mass is 538 g/mol. The lowest BCUT2D eigenvalue weighted by Crippen LogP contribution is -2.59. The van der Waals surface area contributed by atoms with Gasteiger partial charge >= 0.3 is 6.61 Å². The van der Waals surface area contributed by atoms with Crippen LogP contribution < -0.4 is 15.8 Å². The zero-order chi connectivity index (χ0) is 26.9. The largest absolute Gasteiger partial charge is 0.435 e. The van der Waals surface area contributed by atoms with Crippen LogP contribution in [0.4, 0.5) is 8.78 Å². The van der Waals surface area contributed by atoms with E-state index in [1.165, 1.54) is 11.0 Å². The highest BCUT2D eigenvalue weighted by Crippen LogP contribution is 2.29. The van der Waals surface area contributed by atoms with Crippen molar-refractivity contribution in [3.8, 4) is 5.75 Å². The number of amides is 2. The highest BCUT2D eigenvalue weighted by molar-refractivity contribution is 6.30. The average Bonchev–Trinajstić information content (AvgIpc) is 2.83. The number of ether oxygens (including phenoxy) is 1. The Hall–Kier alpha value is -3.44. The fourth-order valence-corrected chi connectivity index (χ4v) is 3.85. The quantitative estimate of drug-likeness (QED) is 0.165. The van der Waals surface area contributed by atoms with Gasteiger partial charge in [-0.15, -0.1) is 0 Å². The summed E-state index contributed by atoms with van der Waals surface area (Å²) in [6.07, 6.45) is 0.602. The van der Waals surface area contributed by atoms with Gasteiger partial charge in [-0.1, -0.05) is 54.4 Å². The van der Waals surface area contributed by atoms with Gasteiger partial charge in [0.2, 0.25) is 5.91 Å². The lowest BCUT2D eigenvalue weighted by molar-refractivity contribution is -0.154. The number of carbonyl (C=O) groups is 2. The van der Waals surface area contributed by atoms with Crippen molar-refractivity contribution in [2.45, 2.75) is 51.5 Å². The molecule has 3 rings (SSSR count). The van der Waals surface area contributed by atoms with Gasteiger partial charge in [-0.2, -0.15) is 8.78 Å². The molecule has 2 atom stereocenters. The minimum atomic E-state index is -3.09. The molecule has 1 aliphatic rings. The number of likely N-dealkylation sites (tertiary alicyclic amines) is 1. The highest BCUT2D eigenvalue weighted by Gasteiger charge is 2.40. The van der Waals surface area contributed by atoms with Crippen LogP contribution in [0.15, 0.2) is 47.6 Å². The van der Waals surface area contributed by atoms with Crippen molar-refractivity contribution in [3.05, 3.63) is 64.2 Å². The number of nitrogens with two attached hydrogens (primary N) is 1. The summed E-state index contributed by atoms with van der Waals surface area (Å²) in [5.74, 6) is -1.15. The minimum absolute atomic E-state index is 0.0148. The molecule has 2 aromatic carbocycles. The Balaban J connectivity index is 1.54. The molecule has 0 radical (unpaired) electrons. The molecule has 2 amide bonds. The molecule has 1 heterocycles. The predicted octanol–water partition coefficient (Wildman–Crippen LogP) is 3.33. The van der Waals surface area contributed by atoms with Gasteiger partial charge < -0.3 is 30.6 Å². The molecule has 1 saturated heterocycles. The Bertz CT molecular complexity index is 1120. The summed E-state index contributed by atoms with van der Waals surface area (Å²) in [5, 5.41) is 17.2. The first-order chi connectivity index (χ1) is 17.7. The van der Waals surface area contributed by atoms with Gasteiger partial charge in [0.25, 0.3) is 5.91 Å². The molecule has 0 spiro atoms. The molecule has 1 aliphatic heterocycles. The Morgan fingerprint density at radius 3 is 2.62 bits per heavy atom. The van der Waals surface area contributed by atoms with Crippen molar-refractivity contribution in [2.75, 3.05) is 13.2 Å². The van der Waals surface area contributed by atoms with Crippen molar-refractivity contribution in [3.63, 3.8) is 0 Å². The molecular weight excluding hydrogens is 510 g/mol. The summed E-state index contributed by atoms with van der Waals surface area (Å²) in [4.78, 5) is 31.9. The lowest BCUT2D eigenvalue weighted by atomic mass is 9.98. The fraction of sp³-hybridized carbons (Fsp3) is 0.400. The van der Waals surface area contributed by atoms with Crippen molar-refractivity contribution in [1.29, 1.82) is 0 Å². The smallest absolute Gasteiger partial charge is 0.387 e. The average molecular weight is 539 g/mol. The number of nitrogens with zero attached hydrogens (tertiary/aromatic N) is 2. The van der Waals surface area contributed by atoms with Crippen LogP contribution in [0.3, 0.4) is 0 Å². The van der Waals surface area contributed by atoms with Gasteiger partial charge in [0.15, 0.2) is 11.9 Å². The number of amidine groups is 1. The maximum Gasteiger partial charge on any atom is 0.387 e. The van der Waals surface area contributed by atoms with Gasteiger partial charge in [-0.3, -0.25) is 9.59 Å². The number of rotatable bonds is 12. The second kappa shape index (κ2) is 13.2. The van der Waals surface area contributed by atoms with E-state index in [9.17, 15) is 23.5 Å². The lowest BCUT2D eigenvalue weighted by Gasteiger charge is -2.40. The second-order valence-electron chi connectivity index (χ2n) is 8.42. The third-order valence-corrected chi connectivity index (χ3v) is 5.96. The Morgan fingerprint density at radius 1 is 1.27 bits per heavy atom. The van der Waals surface area contributed by atoms with Crippen LogP contribution in [-0.4, -0.2) is 53.5 Å². The van der Waals surface area contributed by atoms with E-state index in [2.05, 4.69) is 15.2 Å². The van der Waals surface area contributed by atoms with Crippen LogP contribution in [0.5, 0.6) is 5.75 Å². The van der Waals surface area contributed by atoms with Crippen molar-refractivity contribution >= 4 is 29.3 Å². The number of aliphatic hydroxyl groups is 1. The Labute approximate surface area is 218 Å². The summed E-state index contributed by atoms with van der Waals surface area (Å²) in [6, 6.07) is 9.85. The molecule has 0 bridgehead atoms. The number of benzene rings is 2. The number of nitrogens with one attached hydrogen (secondary N) is 1. The van der Waals surface area contributed by atoms with Gasteiger partial charge in [-0.05, 0) is 42.2 Å². The first kappa shape index (κ1) is 28.1. The second-order valence-corrected chi connectivity index (χ2v) is 8.85. The van der Waals surface area contributed by atoms with Gasteiger partial charge in [-0.25, -0.2) is 0 Å². The number of oxime groups is 1. The molecule has 0 saturated carbocycles. The van der Waals surface area contributed by atoms with Crippen LogP contribution in [0.2, 0.25) is 5.02 Å². The number of carbonyl (C=O) groups excluding carboxylic acids is 2. The summed E-state index contributed by atoms with van der Waals surface area (Å²) in [6.45, 7) is -0.0688. The van der Waals surface area contributed by atoms with E-state index in [1.54, 1.807) is 24.3 Å². The Kier molecular flexibility index (Phi) is 10.0. The molecule has 200 valence electrons.